The first-order valence-corrected chi connectivity index (χ1v) is 10.1. The lowest BCUT2D eigenvalue weighted by Gasteiger charge is -2.15. The first kappa shape index (κ1) is 20.4. The van der Waals surface area contributed by atoms with Crippen molar-refractivity contribution in [2.24, 2.45) is 0 Å². The van der Waals surface area contributed by atoms with Gasteiger partial charge in [0.05, 0.1) is 23.3 Å². The second-order valence-corrected chi connectivity index (χ2v) is 7.98. The molecule has 0 N–H and O–H groups in total. The zero-order valence-corrected chi connectivity index (χ0v) is 17.4. The summed E-state index contributed by atoms with van der Waals surface area (Å²) in [5.41, 5.74) is 1.21. The van der Waals surface area contributed by atoms with Crippen molar-refractivity contribution < 1.29 is 18.7 Å². The number of benzene rings is 2. The van der Waals surface area contributed by atoms with E-state index in [1.54, 1.807) is 18.2 Å². The summed E-state index contributed by atoms with van der Waals surface area (Å²) in [5.74, 6) is 0.575. The van der Waals surface area contributed by atoms with Gasteiger partial charge in [-0.25, -0.2) is 4.39 Å². The Balaban J connectivity index is 1.90. The number of hydrogen-bond acceptors (Lipinski definition) is 5. The molecule has 1 heterocycles. The Morgan fingerprint density at radius 1 is 1.21 bits per heavy atom. The number of rotatable bonds is 6. The molecule has 2 aromatic carbocycles. The number of anilines is 1. The fourth-order valence-corrected chi connectivity index (χ4v) is 3.99. The van der Waals surface area contributed by atoms with Crippen molar-refractivity contribution in [2.45, 2.75) is 26.9 Å². The van der Waals surface area contributed by atoms with Gasteiger partial charge in [0, 0.05) is 0 Å². The molecule has 28 heavy (non-hydrogen) atoms. The largest absolute Gasteiger partial charge is 0.490 e. The molecule has 0 spiro atoms. The van der Waals surface area contributed by atoms with Gasteiger partial charge in [0.1, 0.15) is 5.82 Å². The van der Waals surface area contributed by atoms with Crippen molar-refractivity contribution in [3.05, 3.63) is 58.8 Å². The van der Waals surface area contributed by atoms with E-state index < -0.39 is 5.82 Å². The number of amides is 1. The summed E-state index contributed by atoms with van der Waals surface area (Å²) in [6.07, 6.45) is 1.77. The van der Waals surface area contributed by atoms with Gasteiger partial charge in [-0.2, -0.15) is 0 Å². The molecule has 2 aromatic rings. The molecule has 0 aliphatic carbocycles. The first-order valence-electron chi connectivity index (χ1n) is 8.86. The van der Waals surface area contributed by atoms with Crippen LogP contribution in [0.1, 0.15) is 26.3 Å². The Bertz CT molecular complexity index is 943. The Kier molecular flexibility index (Phi) is 6.36. The highest BCUT2D eigenvalue weighted by Crippen LogP contribution is 2.37. The molecule has 1 fully saturated rings. The number of ether oxygens (including phenoxy) is 2. The Labute approximate surface area is 173 Å². The molecule has 7 heteroatoms. The number of carbonyl (C=O) groups is 1. The number of halogens is 1. The Morgan fingerprint density at radius 3 is 2.68 bits per heavy atom. The van der Waals surface area contributed by atoms with Crippen molar-refractivity contribution in [3.63, 3.8) is 0 Å². The van der Waals surface area contributed by atoms with E-state index in [2.05, 4.69) is 0 Å². The summed E-state index contributed by atoms with van der Waals surface area (Å²) in [5, 5.41) is 0. The second-order valence-electron chi connectivity index (χ2n) is 6.30. The standard InChI is InChI=1S/C21H20FNO3S2/c1-4-25-18-10-14(8-9-17(18)26-13(2)3)11-19-20(24)23(21(27)28-19)16-7-5-6-15(22)12-16/h5-13H,4H2,1-3H3/b19-11-. The van der Waals surface area contributed by atoms with E-state index in [9.17, 15) is 9.18 Å². The molecule has 0 bridgehead atoms. The molecule has 0 atom stereocenters. The number of hydrogen-bond donors (Lipinski definition) is 0. The van der Waals surface area contributed by atoms with E-state index in [4.69, 9.17) is 21.7 Å². The average Bonchev–Trinajstić information content (AvgIpc) is 2.90. The van der Waals surface area contributed by atoms with Gasteiger partial charge in [-0.3, -0.25) is 9.69 Å². The zero-order valence-electron chi connectivity index (χ0n) is 15.8. The van der Waals surface area contributed by atoms with Gasteiger partial charge in [-0.05, 0) is 62.7 Å². The van der Waals surface area contributed by atoms with Crippen molar-refractivity contribution in [2.75, 3.05) is 11.5 Å². The third-order valence-corrected chi connectivity index (χ3v) is 5.09. The van der Waals surface area contributed by atoms with Gasteiger partial charge in [0.25, 0.3) is 5.91 Å². The third kappa shape index (κ3) is 4.54. The number of carbonyl (C=O) groups excluding carboxylic acids is 1. The van der Waals surface area contributed by atoms with Crippen molar-refractivity contribution in [3.8, 4) is 11.5 Å². The van der Waals surface area contributed by atoms with E-state index in [1.807, 2.05) is 39.0 Å². The quantitative estimate of drug-likeness (QED) is 0.464. The van der Waals surface area contributed by atoms with E-state index >= 15 is 0 Å². The van der Waals surface area contributed by atoms with Crippen LogP contribution in [0.3, 0.4) is 0 Å². The minimum absolute atomic E-state index is 0.0209. The van der Waals surface area contributed by atoms with Crippen LogP contribution in [0.4, 0.5) is 10.1 Å². The minimum atomic E-state index is -0.419. The third-order valence-electron chi connectivity index (χ3n) is 3.79. The molecule has 0 unspecified atom stereocenters. The van der Waals surface area contributed by atoms with Gasteiger partial charge in [0.2, 0.25) is 0 Å². The molecule has 1 aliphatic heterocycles. The lowest BCUT2D eigenvalue weighted by atomic mass is 10.1. The average molecular weight is 418 g/mol. The summed E-state index contributed by atoms with van der Waals surface area (Å²) in [6, 6.07) is 11.3. The van der Waals surface area contributed by atoms with Crippen LogP contribution in [0.5, 0.6) is 11.5 Å². The molecule has 1 aliphatic rings. The summed E-state index contributed by atoms with van der Waals surface area (Å²) < 4.78 is 25.3. The van der Waals surface area contributed by atoms with E-state index in [1.165, 1.54) is 28.8 Å². The SMILES string of the molecule is CCOc1cc(/C=C2\SC(=S)N(c3cccc(F)c3)C2=O)ccc1OC(C)C. The molecule has 0 radical (unpaired) electrons. The van der Waals surface area contributed by atoms with Crippen LogP contribution in [0.25, 0.3) is 6.08 Å². The second kappa shape index (κ2) is 8.75. The monoisotopic (exact) mass is 417 g/mol. The maximum atomic E-state index is 13.5. The molecule has 1 saturated heterocycles. The van der Waals surface area contributed by atoms with Crippen molar-refractivity contribution in [1.29, 1.82) is 0 Å². The van der Waals surface area contributed by atoms with Gasteiger partial charge in [0.15, 0.2) is 15.8 Å². The van der Waals surface area contributed by atoms with Crippen LogP contribution >= 0.6 is 24.0 Å². The van der Waals surface area contributed by atoms with Crippen LogP contribution in [-0.2, 0) is 4.79 Å². The molecule has 146 valence electrons. The van der Waals surface area contributed by atoms with Gasteiger partial charge >= 0.3 is 0 Å². The Morgan fingerprint density at radius 2 is 2.00 bits per heavy atom. The summed E-state index contributed by atoms with van der Waals surface area (Å²) >= 11 is 6.52. The molecular weight excluding hydrogens is 397 g/mol. The molecule has 3 rings (SSSR count). The van der Waals surface area contributed by atoms with Crippen LogP contribution in [0, 0.1) is 5.82 Å². The minimum Gasteiger partial charge on any atom is -0.490 e. The molecule has 1 amide bonds. The summed E-state index contributed by atoms with van der Waals surface area (Å²) in [4.78, 5) is 14.6. The lowest BCUT2D eigenvalue weighted by molar-refractivity contribution is -0.113. The Hall–Kier alpha value is -2.38. The van der Waals surface area contributed by atoms with E-state index in [-0.39, 0.29) is 12.0 Å². The van der Waals surface area contributed by atoms with Crippen LogP contribution in [0.15, 0.2) is 47.4 Å². The fourth-order valence-electron chi connectivity index (χ4n) is 2.69. The zero-order chi connectivity index (χ0) is 20.3. The lowest BCUT2D eigenvalue weighted by Crippen LogP contribution is -2.27. The number of thioether (sulfide) groups is 1. The highest BCUT2D eigenvalue weighted by Gasteiger charge is 2.33. The van der Waals surface area contributed by atoms with Crippen molar-refractivity contribution in [1.82, 2.24) is 0 Å². The molecule has 4 nitrogen and oxygen atoms in total. The molecular formula is C21H20FNO3S2. The van der Waals surface area contributed by atoms with E-state index in [0.29, 0.717) is 33.0 Å². The normalized spacial score (nSPS) is 15.6. The highest BCUT2D eigenvalue weighted by molar-refractivity contribution is 8.27. The predicted molar refractivity (Wildman–Crippen MR) is 115 cm³/mol. The predicted octanol–water partition coefficient (Wildman–Crippen LogP) is 5.42. The molecule has 0 saturated carbocycles. The summed E-state index contributed by atoms with van der Waals surface area (Å²) in [6.45, 7) is 6.29. The number of nitrogens with zero attached hydrogens (tertiary/aromatic N) is 1. The van der Waals surface area contributed by atoms with Crippen LogP contribution in [-0.4, -0.2) is 22.9 Å². The number of thiocarbonyl (C=S) groups is 1. The van der Waals surface area contributed by atoms with Crippen LogP contribution in [0.2, 0.25) is 0 Å². The maximum Gasteiger partial charge on any atom is 0.270 e. The fraction of sp³-hybridized carbons (Fsp3) is 0.238. The summed E-state index contributed by atoms with van der Waals surface area (Å²) in [7, 11) is 0. The van der Waals surface area contributed by atoms with Crippen molar-refractivity contribution >= 4 is 46.0 Å². The molecule has 0 aromatic heterocycles. The first-order chi connectivity index (χ1) is 13.4. The van der Waals surface area contributed by atoms with Gasteiger partial charge < -0.3 is 9.47 Å². The van der Waals surface area contributed by atoms with E-state index in [0.717, 1.165) is 5.56 Å². The topological polar surface area (TPSA) is 38.8 Å². The highest BCUT2D eigenvalue weighted by atomic mass is 32.2. The van der Waals surface area contributed by atoms with Crippen LogP contribution < -0.4 is 14.4 Å². The smallest absolute Gasteiger partial charge is 0.270 e. The maximum absolute atomic E-state index is 13.5. The van der Waals surface area contributed by atoms with Gasteiger partial charge in [-0.1, -0.05) is 36.1 Å². The van der Waals surface area contributed by atoms with Gasteiger partial charge in [-0.15, -0.1) is 0 Å².